The summed E-state index contributed by atoms with van der Waals surface area (Å²) < 4.78 is 61.0. The molecule has 19 heavy (non-hydrogen) atoms. The first kappa shape index (κ1) is 15.7. The number of nitrogens with zero attached hydrogens (tertiary/aromatic N) is 1. The van der Waals surface area contributed by atoms with Gasteiger partial charge in [-0.3, -0.25) is 0 Å². The van der Waals surface area contributed by atoms with E-state index in [2.05, 4.69) is 0 Å². The maximum atomic E-state index is 12.3. The van der Waals surface area contributed by atoms with E-state index in [4.69, 9.17) is 5.11 Å². The van der Waals surface area contributed by atoms with Crippen LogP contribution in [0.15, 0.2) is 29.2 Å². The van der Waals surface area contributed by atoms with Crippen LogP contribution in [0.2, 0.25) is 0 Å². The summed E-state index contributed by atoms with van der Waals surface area (Å²) in [6.07, 6.45) is -4.74. The molecule has 9 heteroatoms. The van der Waals surface area contributed by atoms with Gasteiger partial charge in [-0.2, -0.15) is 17.5 Å². The molecule has 0 aliphatic rings. The zero-order chi connectivity index (χ0) is 14.7. The van der Waals surface area contributed by atoms with Gasteiger partial charge in [0, 0.05) is 6.54 Å². The SMILES string of the molecule is O=S(=O)(c1ccccc1O)N(CCO)CC(F)(F)F. The Morgan fingerprint density at radius 1 is 1.21 bits per heavy atom. The molecule has 0 fully saturated rings. The van der Waals surface area contributed by atoms with Gasteiger partial charge in [0.25, 0.3) is 0 Å². The average Bonchev–Trinajstić information content (AvgIpc) is 2.27. The van der Waals surface area contributed by atoms with Gasteiger partial charge in [-0.05, 0) is 12.1 Å². The fourth-order valence-corrected chi connectivity index (χ4v) is 2.91. The Kier molecular flexibility index (Phi) is 4.77. The lowest BCUT2D eigenvalue weighted by molar-refractivity contribution is -0.136. The minimum Gasteiger partial charge on any atom is -0.507 e. The van der Waals surface area contributed by atoms with Crippen LogP contribution in [0, 0.1) is 0 Å². The molecule has 1 rings (SSSR count). The van der Waals surface area contributed by atoms with Crippen molar-refractivity contribution in [2.75, 3.05) is 19.7 Å². The minimum absolute atomic E-state index is 0.0715. The topological polar surface area (TPSA) is 77.8 Å². The van der Waals surface area contributed by atoms with Crippen molar-refractivity contribution in [2.24, 2.45) is 0 Å². The lowest BCUT2D eigenvalue weighted by Crippen LogP contribution is -2.40. The number of para-hydroxylation sites is 1. The molecule has 5 nitrogen and oxygen atoms in total. The Bertz CT molecular complexity index is 530. The van der Waals surface area contributed by atoms with Crippen molar-refractivity contribution in [1.29, 1.82) is 0 Å². The number of hydrogen-bond acceptors (Lipinski definition) is 4. The molecular weight excluding hydrogens is 287 g/mol. The summed E-state index contributed by atoms with van der Waals surface area (Å²) >= 11 is 0. The first-order chi connectivity index (χ1) is 8.68. The predicted octanol–water partition coefficient (Wildman–Crippen LogP) is 0.938. The zero-order valence-corrected chi connectivity index (χ0v) is 10.4. The molecule has 0 atom stereocenters. The van der Waals surface area contributed by atoms with E-state index in [1.165, 1.54) is 12.1 Å². The van der Waals surface area contributed by atoms with Crippen molar-refractivity contribution in [2.45, 2.75) is 11.1 Å². The van der Waals surface area contributed by atoms with Crippen molar-refractivity contribution >= 4 is 10.0 Å². The Morgan fingerprint density at radius 2 is 1.79 bits per heavy atom. The molecule has 1 aromatic rings. The lowest BCUT2D eigenvalue weighted by atomic mass is 10.3. The summed E-state index contributed by atoms with van der Waals surface area (Å²) in [6.45, 7) is -3.21. The van der Waals surface area contributed by atoms with E-state index < -0.39 is 46.5 Å². The molecule has 0 heterocycles. The second-order valence-electron chi connectivity index (χ2n) is 3.65. The Labute approximate surface area is 107 Å². The Hall–Kier alpha value is -1.32. The summed E-state index contributed by atoms with van der Waals surface area (Å²) in [5.41, 5.74) is 0. The van der Waals surface area contributed by atoms with Crippen molar-refractivity contribution in [3.8, 4) is 5.75 Å². The second kappa shape index (κ2) is 5.76. The van der Waals surface area contributed by atoms with Gasteiger partial charge in [0.2, 0.25) is 10.0 Å². The standard InChI is InChI=1S/C10H12F3NO4S/c11-10(12,13)7-14(5-6-15)19(17,18)9-4-2-1-3-8(9)16/h1-4,15-16H,5-7H2. The van der Waals surface area contributed by atoms with E-state index >= 15 is 0 Å². The molecule has 0 bridgehead atoms. The van der Waals surface area contributed by atoms with Crippen LogP contribution in [0.4, 0.5) is 13.2 Å². The van der Waals surface area contributed by atoms with Crippen LogP contribution < -0.4 is 0 Å². The van der Waals surface area contributed by atoms with Gasteiger partial charge in [-0.25, -0.2) is 8.42 Å². The lowest BCUT2D eigenvalue weighted by Gasteiger charge is -2.22. The molecule has 0 aliphatic carbocycles. The molecule has 0 amide bonds. The molecule has 2 N–H and O–H groups in total. The van der Waals surface area contributed by atoms with Crippen molar-refractivity contribution < 1.29 is 31.8 Å². The van der Waals surface area contributed by atoms with Crippen LogP contribution in [0.3, 0.4) is 0 Å². The molecule has 0 unspecified atom stereocenters. The fraction of sp³-hybridized carbons (Fsp3) is 0.400. The summed E-state index contributed by atoms with van der Waals surface area (Å²) in [4.78, 5) is -0.632. The molecule has 0 saturated carbocycles. The minimum atomic E-state index is -4.74. The van der Waals surface area contributed by atoms with Crippen LogP contribution in [0.1, 0.15) is 0 Å². The maximum absolute atomic E-state index is 12.3. The quantitative estimate of drug-likeness (QED) is 0.848. The molecule has 0 spiro atoms. The van der Waals surface area contributed by atoms with E-state index in [1.54, 1.807) is 0 Å². The number of alkyl halides is 3. The molecule has 0 aliphatic heterocycles. The number of benzene rings is 1. The van der Waals surface area contributed by atoms with Gasteiger partial charge in [-0.15, -0.1) is 0 Å². The summed E-state index contributed by atoms with van der Waals surface area (Å²) in [6, 6.07) is 4.66. The maximum Gasteiger partial charge on any atom is 0.402 e. The van der Waals surface area contributed by atoms with Gasteiger partial charge in [0.1, 0.15) is 17.2 Å². The zero-order valence-electron chi connectivity index (χ0n) is 9.63. The van der Waals surface area contributed by atoms with Crippen LogP contribution in [0.5, 0.6) is 5.75 Å². The summed E-state index contributed by atoms with van der Waals surface area (Å²) in [7, 11) is -4.52. The molecule has 0 radical (unpaired) electrons. The number of aromatic hydroxyl groups is 1. The van der Waals surface area contributed by atoms with Crippen molar-refractivity contribution in [3.05, 3.63) is 24.3 Å². The van der Waals surface area contributed by atoms with Crippen LogP contribution in [-0.2, 0) is 10.0 Å². The Balaban J connectivity index is 3.17. The van der Waals surface area contributed by atoms with Crippen LogP contribution in [0.25, 0.3) is 0 Å². The molecule has 1 aromatic carbocycles. The van der Waals surface area contributed by atoms with E-state index in [0.29, 0.717) is 0 Å². The highest BCUT2D eigenvalue weighted by Gasteiger charge is 2.37. The van der Waals surface area contributed by atoms with E-state index in [0.717, 1.165) is 12.1 Å². The largest absolute Gasteiger partial charge is 0.507 e. The normalized spacial score (nSPS) is 12.9. The molecule has 0 saturated heterocycles. The van der Waals surface area contributed by atoms with E-state index in [1.807, 2.05) is 0 Å². The number of phenols is 1. The monoisotopic (exact) mass is 299 g/mol. The highest BCUT2D eigenvalue weighted by molar-refractivity contribution is 7.89. The molecule has 0 aromatic heterocycles. The van der Waals surface area contributed by atoms with Crippen LogP contribution >= 0.6 is 0 Å². The van der Waals surface area contributed by atoms with E-state index in [9.17, 15) is 26.7 Å². The van der Waals surface area contributed by atoms with Crippen molar-refractivity contribution in [1.82, 2.24) is 4.31 Å². The fourth-order valence-electron chi connectivity index (χ4n) is 1.41. The number of aliphatic hydroxyl groups is 1. The summed E-state index contributed by atoms with van der Waals surface area (Å²) in [5.74, 6) is -0.646. The second-order valence-corrected chi connectivity index (χ2v) is 5.55. The number of phenolic OH excluding ortho intramolecular Hbond substituents is 1. The van der Waals surface area contributed by atoms with Crippen molar-refractivity contribution in [3.63, 3.8) is 0 Å². The van der Waals surface area contributed by atoms with Gasteiger partial charge >= 0.3 is 6.18 Å². The smallest absolute Gasteiger partial charge is 0.402 e. The number of aliphatic hydroxyl groups excluding tert-OH is 1. The summed E-state index contributed by atoms with van der Waals surface area (Å²) in [5, 5.41) is 18.1. The Morgan fingerprint density at radius 3 is 2.26 bits per heavy atom. The number of rotatable bonds is 5. The van der Waals surface area contributed by atoms with Gasteiger partial charge in [0.15, 0.2) is 0 Å². The van der Waals surface area contributed by atoms with Gasteiger partial charge < -0.3 is 10.2 Å². The first-order valence-electron chi connectivity index (χ1n) is 5.14. The number of hydrogen-bond donors (Lipinski definition) is 2. The average molecular weight is 299 g/mol. The van der Waals surface area contributed by atoms with Crippen LogP contribution in [-0.4, -0.2) is 48.8 Å². The molecular formula is C10H12F3NO4S. The third-order valence-corrected chi connectivity index (χ3v) is 4.08. The first-order valence-corrected chi connectivity index (χ1v) is 6.58. The predicted molar refractivity (Wildman–Crippen MR) is 60.0 cm³/mol. The highest BCUT2D eigenvalue weighted by Crippen LogP contribution is 2.27. The van der Waals surface area contributed by atoms with E-state index in [-0.39, 0.29) is 4.31 Å². The number of sulfonamides is 1. The highest BCUT2D eigenvalue weighted by atomic mass is 32.2. The third-order valence-electron chi connectivity index (χ3n) is 2.19. The van der Waals surface area contributed by atoms with Gasteiger partial charge in [0.05, 0.1) is 6.61 Å². The number of halogens is 3. The molecule has 108 valence electrons. The van der Waals surface area contributed by atoms with Gasteiger partial charge in [-0.1, -0.05) is 12.1 Å². The third kappa shape index (κ3) is 4.08.